The second kappa shape index (κ2) is 5.67. The van der Waals surface area contributed by atoms with E-state index in [1.807, 2.05) is 12.1 Å². The molecule has 20 heavy (non-hydrogen) atoms. The number of pyridine rings is 1. The van der Waals surface area contributed by atoms with Crippen molar-refractivity contribution in [3.05, 3.63) is 53.9 Å². The van der Waals surface area contributed by atoms with Crippen LogP contribution in [-0.2, 0) is 5.41 Å². The van der Waals surface area contributed by atoms with E-state index in [1.165, 1.54) is 5.56 Å². The highest BCUT2D eigenvalue weighted by atomic mass is 32.2. The number of hydrogen-bond acceptors (Lipinski definition) is 3. The summed E-state index contributed by atoms with van der Waals surface area (Å²) in [6.07, 6.45) is 1.66. The van der Waals surface area contributed by atoms with Gasteiger partial charge in [-0.05, 0) is 35.2 Å². The molecule has 2 rings (SSSR count). The van der Waals surface area contributed by atoms with Crippen LogP contribution >= 0.6 is 11.8 Å². The maximum absolute atomic E-state index is 7.56. The first-order chi connectivity index (χ1) is 9.38. The lowest BCUT2D eigenvalue weighted by Crippen LogP contribution is -2.14. The van der Waals surface area contributed by atoms with Crippen LogP contribution in [0.25, 0.3) is 0 Å². The van der Waals surface area contributed by atoms with Crippen molar-refractivity contribution in [3.8, 4) is 0 Å². The number of hydrogen-bond donors (Lipinski definition) is 2. The van der Waals surface area contributed by atoms with Crippen molar-refractivity contribution >= 4 is 17.6 Å². The zero-order valence-corrected chi connectivity index (χ0v) is 12.8. The van der Waals surface area contributed by atoms with Crippen LogP contribution < -0.4 is 5.73 Å². The fraction of sp³-hybridized carbons (Fsp3) is 0.250. The van der Waals surface area contributed by atoms with Crippen molar-refractivity contribution in [2.24, 2.45) is 5.73 Å². The number of nitrogen functional groups attached to an aromatic ring is 1. The van der Waals surface area contributed by atoms with Gasteiger partial charge in [0, 0.05) is 16.0 Å². The van der Waals surface area contributed by atoms with Gasteiger partial charge in [-0.25, -0.2) is 0 Å². The second-order valence-corrected chi connectivity index (χ2v) is 6.76. The molecule has 0 atom stereocenters. The predicted molar refractivity (Wildman–Crippen MR) is 84.5 cm³/mol. The molecule has 0 bridgehead atoms. The molecule has 0 unspecified atom stereocenters. The second-order valence-electron chi connectivity index (χ2n) is 5.64. The summed E-state index contributed by atoms with van der Waals surface area (Å²) in [6.45, 7) is 6.60. The van der Waals surface area contributed by atoms with E-state index in [1.54, 1.807) is 18.0 Å². The molecule has 1 heterocycles. The van der Waals surface area contributed by atoms with Crippen molar-refractivity contribution in [2.45, 2.75) is 36.0 Å². The van der Waals surface area contributed by atoms with E-state index in [4.69, 9.17) is 11.1 Å². The lowest BCUT2D eigenvalue weighted by atomic mass is 9.87. The Hall–Kier alpha value is -1.81. The molecule has 0 fully saturated rings. The average Bonchev–Trinajstić information content (AvgIpc) is 2.38. The van der Waals surface area contributed by atoms with E-state index >= 15 is 0 Å². The highest BCUT2D eigenvalue weighted by molar-refractivity contribution is 7.99. The maximum atomic E-state index is 7.56. The van der Waals surface area contributed by atoms with Crippen molar-refractivity contribution < 1.29 is 0 Å². The largest absolute Gasteiger partial charge is 0.382 e. The third-order valence-electron chi connectivity index (χ3n) is 2.97. The smallest absolute Gasteiger partial charge is 0.142 e. The average molecular weight is 285 g/mol. The summed E-state index contributed by atoms with van der Waals surface area (Å²) in [6, 6.07) is 12.3. The minimum Gasteiger partial charge on any atom is -0.382 e. The lowest BCUT2D eigenvalue weighted by Gasteiger charge is -2.19. The molecule has 2 aromatic rings. The number of rotatable bonds is 3. The fourth-order valence-electron chi connectivity index (χ4n) is 1.83. The van der Waals surface area contributed by atoms with Crippen molar-refractivity contribution in [1.82, 2.24) is 4.98 Å². The highest BCUT2D eigenvalue weighted by Crippen LogP contribution is 2.31. The number of amidine groups is 1. The molecule has 0 aliphatic rings. The molecule has 0 radical (unpaired) electrons. The topological polar surface area (TPSA) is 62.8 Å². The molecule has 0 aliphatic heterocycles. The van der Waals surface area contributed by atoms with Gasteiger partial charge >= 0.3 is 0 Å². The van der Waals surface area contributed by atoms with Gasteiger partial charge in [-0.1, -0.05) is 44.7 Å². The summed E-state index contributed by atoms with van der Waals surface area (Å²) >= 11 is 1.58. The summed E-state index contributed by atoms with van der Waals surface area (Å²) in [5, 5.41) is 7.56. The van der Waals surface area contributed by atoms with Crippen LogP contribution in [0.5, 0.6) is 0 Å². The molecular weight excluding hydrogens is 266 g/mol. The minimum atomic E-state index is -0.000545. The highest BCUT2D eigenvalue weighted by Gasteiger charge is 2.13. The Kier molecular flexibility index (Phi) is 4.14. The molecule has 0 saturated carbocycles. The van der Waals surface area contributed by atoms with Gasteiger partial charge in [-0.3, -0.25) is 10.4 Å². The van der Waals surface area contributed by atoms with Crippen LogP contribution in [-0.4, -0.2) is 10.8 Å². The van der Waals surface area contributed by atoms with E-state index in [9.17, 15) is 0 Å². The monoisotopic (exact) mass is 285 g/mol. The number of nitrogens with one attached hydrogen (secondary N) is 1. The van der Waals surface area contributed by atoms with Crippen LogP contribution in [0.1, 0.15) is 32.0 Å². The van der Waals surface area contributed by atoms with E-state index in [0.29, 0.717) is 5.69 Å². The van der Waals surface area contributed by atoms with Crippen LogP contribution in [0, 0.1) is 5.41 Å². The van der Waals surface area contributed by atoms with Gasteiger partial charge < -0.3 is 5.73 Å². The Morgan fingerprint density at radius 3 is 2.35 bits per heavy atom. The molecule has 0 aliphatic carbocycles. The zero-order valence-electron chi connectivity index (χ0n) is 12.0. The first kappa shape index (κ1) is 14.6. The Morgan fingerprint density at radius 1 is 1.15 bits per heavy atom. The molecule has 0 saturated heterocycles. The van der Waals surface area contributed by atoms with Gasteiger partial charge in [0.05, 0.1) is 0 Å². The number of benzene rings is 1. The molecule has 3 nitrogen and oxygen atoms in total. The standard InChI is InChI=1S/C16H19N3S/c1-16(2,3)11-6-8-12(9-7-11)20-13-5-4-10-19-14(13)15(17)18/h4-10H,1-3H3,(H3,17,18). The molecule has 0 amide bonds. The van der Waals surface area contributed by atoms with Gasteiger partial charge in [0.15, 0.2) is 0 Å². The fourth-order valence-corrected chi connectivity index (χ4v) is 2.76. The minimum absolute atomic E-state index is 0.000545. The Balaban J connectivity index is 2.25. The van der Waals surface area contributed by atoms with E-state index in [0.717, 1.165) is 9.79 Å². The summed E-state index contributed by atoms with van der Waals surface area (Å²) in [5.41, 5.74) is 7.56. The van der Waals surface area contributed by atoms with Gasteiger partial charge in [-0.2, -0.15) is 0 Å². The predicted octanol–water partition coefficient (Wildman–Crippen LogP) is 3.81. The van der Waals surface area contributed by atoms with E-state index < -0.39 is 0 Å². The SMILES string of the molecule is CC(C)(C)c1ccc(Sc2cccnc2C(=N)N)cc1. The quantitative estimate of drug-likeness (QED) is 0.665. The molecule has 1 aromatic carbocycles. The Labute approximate surface area is 124 Å². The maximum Gasteiger partial charge on any atom is 0.142 e. The van der Waals surface area contributed by atoms with E-state index in [-0.39, 0.29) is 11.3 Å². The van der Waals surface area contributed by atoms with Gasteiger partial charge in [0.1, 0.15) is 11.5 Å². The van der Waals surface area contributed by atoms with Crippen LogP contribution in [0.3, 0.4) is 0 Å². The van der Waals surface area contributed by atoms with Gasteiger partial charge in [0.25, 0.3) is 0 Å². The Morgan fingerprint density at radius 2 is 1.80 bits per heavy atom. The van der Waals surface area contributed by atoms with Crippen LogP contribution in [0.4, 0.5) is 0 Å². The molecule has 0 spiro atoms. The number of nitrogens with zero attached hydrogens (tertiary/aromatic N) is 1. The molecule has 3 N–H and O–H groups in total. The van der Waals surface area contributed by atoms with Crippen LogP contribution in [0.15, 0.2) is 52.4 Å². The van der Waals surface area contributed by atoms with Gasteiger partial charge in [0.2, 0.25) is 0 Å². The molecule has 104 valence electrons. The van der Waals surface area contributed by atoms with Crippen molar-refractivity contribution in [2.75, 3.05) is 0 Å². The van der Waals surface area contributed by atoms with Gasteiger partial charge in [-0.15, -0.1) is 0 Å². The van der Waals surface area contributed by atoms with Crippen LogP contribution in [0.2, 0.25) is 0 Å². The normalized spacial score (nSPS) is 11.3. The summed E-state index contributed by atoms with van der Waals surface area (Å²) in [4.78, 5) is 6.19. The van der Waals surface area contributed by atoms with E-state index in [2.05, 4.69) is 50.0 Å². The molecule has 1 aromatic heterocycles. The summed E-state index contributed by atoms with van der Waals surface area (Å²) < 4.78 is 0. The van der Waals surface area contributed by atoms with Crippen molar-refractivity contribution in [1.29, 1.82) is 5.41 Å². The zero-order chi connectivity index (χ0) is 14.8. The Bertz CT molecular complexity index is 612. The summed E-state index contributed by atoms with van der Waals surface area (Å²) in [5.74, 6) is -0.000545. The summed E-state index contributed by atoms with van der Waals surface area (Å²) in [7, 11) is 0. The lowest BCUT2D eigenvalue weighted by molar-refractivity contribution is 0.590. The first-order valence-corrected chi connectivity index (χ1v) is 7.27. The molecule has 4 heteroatoms. The number of aromatic nitrogens is 1. The third kappa shape index (κ3) is 3.39. The third-order valence-corrected chi connectivity index (χ3v) is 4.03. The first-order valence-electron chi connectivity index (χ1n) is 6.46. The van der Waals surface area contributed by atoms with Crippen molar-refractivity contribution in [3.63, 3.8) is 0 Å². The molecular formula is C16H19N3S. The number of nitrogens with two attached hydrogens (primary N) is 1.